The van der Waals surface area contributed by atoms with Gasteiger partial charge in [0, 0.05) is 24.5 Å². The summed E-state index contributed by atoms with van der Waals surface area (Å²) in [6, 6.07) is 12.0. The van der Waals surface area contributed by atoms with Crippen LogP contribution in [0.1, 0.15) is 15.9 Å². The topological polar surface area (TPSA) is 20.3 Å². The van der Waals surface area contributed by atoms with E-state index >= 15 is 0 Å². The number of hydrogen-bond donors (Lipinski definition) is 0. The summed E-state index contributed by atoms with van der Waals surface area (Å²) in [5.41, 5.74) is 1.63. The van der Waals surface area contributed by atoms with Gasteiger partial charge in [-0.15, -0.1) is 0 Å². The van der Waals surface area contributed by atoms with Crippen LogP contribution in [0, 0.1) is 5.82 Å². The quantitative estimate of drug-likeness (QED) is 0.705. The average Bonchev–Trinajstić information content (AvgIpc) is 3.00. The molecule has 1 aromatic heterocycles. The summed E-state index contributed by atoms with van der Waals surface area (Å²) in [5, 5.41) is 5.14. The van der Waals surface area contributed by atoms with Crippen molar-refractivity contribution in [2.45, 2.75) is 6.54 Å². The van der Waals surface area contributed by atoms with Gasteiger partial charge < -0.3 is 4.90 Å². The van der Waals surface area contributed by atoms with E-state index < -0.39 is 0 Å². The molecule has 0 unspecified atom stereocenters. The summed E-state index contributed by atoms with van der Waals surface area (Å²) < 4.78 is 13.8. The molecular weight excluding hydrogens is 285 g/mol. The van der Waals surface area contributed by atoms with Gasteiger partial charge >= 0.3 is 0 Å². The van der Waals surface area contributed by atoms with Gasteiger partial charge in [-0.25, -0.2) is 4.39 Å². The van der Waals surface area contributed by atoms with E-state index in [0.717, 1.165) is 5.56 Å². The smallest absolute Gasteiger partial charge is 0.254 e. The Morgan fingerprint density at radius 3 is 2.62 bits per heavy atom. The molecule has 3 rings (SSSR count). The van der Waals surface area contributed by atoms with Gasteiger partial charge in [0.05, 0.1) is 0 Å². The van der Waals surface area contributed by atoms with Crippen molar-refractivity contribution < 1.29 is 9.18 Å². The SMILES string of the molecule is CN(Cc1ccsc1)C(=O)c1ccc(F)c2ccccc12. The maximum atomic E-state index is 13.8. The number of thiophene rings is 1. The molecule has 0 saturated heterocycles. The minimum Gasteiger partial charge on any atom is -0.337 e. The standard InChI is InChI=1S/C17H14FNOS/c1-19(10-12-8-9-21-11-12)17(20)15-6-7-16(18)14-5-3-2-4-13(14)15/h2-9,11H,10H2,1H3. The summed E-state index contributed by atoms with van der Waals surface area (Å²) in [5.74, 6) is -0.403. The van der Waals surface area contributed by atoms with E-state index in [4.69, 9.17) is 0 Å². The van der Waals surface area contributed by atoms with Crippen LogP contribution in [0.15, 0.2) is 53.2 Å². The summed E-state index contributed by atoms with van der Waals surface area (Å²) in [6.07, 6.45) is 0. The predicted molar refractivity (Wildman–Crippen MR) is 84.0 cm³/mol. The zero-order chi connectivity index (χ0) is 14.8. The largest absolute Gasteiger partial charge is 0.337 e. The Balaban J connectivity index is 1.96. The van der Waals surface area contributed by atoms with Crippen molar-refractivity contribution in [1.29, 1.82) is 0 Å². The monoisotopic (exact) mass is 299 g/mol. The molecule has 3 aromatic rings. The minimum absolute atomic E-state index is 0.0996. The molecule has 2 aromatic carbocycles. The van der Waals surface area contributed by atoms with Crippen molar-refractivity contribution in [3.8, 4) is 0 Å². The number of fused-ring (bicyclic) bond motifs is 1. The third kappa shape index (κ3) is 2.67. The number of carbonyl (C=O) groups excluding carboxylic acids is 1. The second kappa shape index (κ2) is 5.66. The molecule has 0 aliphatic rings. The van der Waals surface area contributed by atoms with Gasteiger partial charge in [-0.1, -0.05) is 24.3 Å². The van der Waals surface area contributed by atoms with E-state index in [-0.39, 0.29) is 11.7 Å². The van der Waals surface area contributed by atoms with E-state index in [9.17, 15) is 9.18 Å². The van der Waals surface area contributed by atoms with E-state index in [2.05, 4.69) is 0 Å². The molecule has 1 heterocycles. The van der Waals surface area contributed by atoms with Crippen LogP contribution in [0.4, 0.5) is 4.39 Å². The Morgan fingerprint density at radius 1 is 1.14 bits per heavy atom. The molecule has 0 N–H and O–H groups in total. The molecule has 21 heavy (non-hydrogen) atoms. The Morgan fingerprint density at radius 2 is 1.90 bits per heavy atom. The summed E-state index contributed by atoms with van der Waals surface area (Å²) in [6.45, 7) is 0.550. The lowest BCUT2D eigenvalue weighted by Crippen LogP contribution is -2.26. The maximum absolute atomic E-state index is 13.8. The van der Waals surface area contributed by atoms with Crippen LogP contribution in [0.5, 0.6) is 0 Å². The number of hydrogen-bond acceptors (Lipinski definition) is 2. The highest BCUT2D eigenvalue weighted by Crippen LogP contribution is 2.23. The third-order valence-electron chi connectivity index (χ3n) is 3.45. The van der Waals surface area contributed by atoms with Crippen molar-refractivity contribution in [2.24, 2.45) is 0 Å². The highest BCUT2D eigenvalue weighted by molar-refractivity contribution is 7.07. The van der Waals surface area contributed by atoms with Gasteiger partial charge in [-0.3, -0.25) is 4.79 Å². The van der Waals surface area contributed by atoms with Crippen LogP contribution < -0.4 is 0 Å². The predicted octanol–water partition coefficient (Wildman–Crippen LogP) is 4.31. The van der Waals surface area contributed by atoms with Gasteiger partial charge in [0.1, 0.15) is 5.82 Å². The van der Waals surface area contributed by atoms with Crippen molar-refractivity contribution in [3.05, 3.63) is 70.2 Å². The van der Waals surface area contributed by atoms with E-state index in [1.165, 1.54) is 6.07 Å². The Labute approximate surface area is 126 Å². The molecule has 106 valence electrons. The second-order valence-corrected chi connectivity index (χ2v) is 5.71. The number of carbonyl (C=O) groups is 1. The van der Waals surface area contributed by atoms with E-state index in [0.29, 0.717) is 22.9 Å². The highest BCUT2D eigenvalue weighted by Gasteiger charge is 2.16. The lowest BCUT2D eigenvalue weighted by Gasteiger charge is -2.18. The van der Waals surface area contributed by atoms with Crippen LogP contribution in [-0.4, -0.2) is 17.9 Å². The zero-order valence-electron chi connectivity index (χ0n) is 11.5. The number of amides is 1. The Kier molecular flexibility index (Phi) is 3.71. The van der Waals surface area contributed by atoms with Crippen LogP contribution in [0.25, 0.3) is 10.8 Å². The molecule has 0 radical (unpaired) electrons. The van der Waals surface area contributed by atoms with Gasteiger partial charge in [0.25, 0.3) is 5.91 Å². The van der Waals surface area contributed by atoms with Crippen LogP contribution in [-0.2, 0) is 6.54 Å². The first-order valence-corrected chi connectivity index (χ1v) is 7.55. The fourth-order valence-electron chi connectivity index (χ4n) is 2.38. The van der Waals surface area contributed by atoms with Gasteiger partial charge in [0.2, 0.25) is 0 Å². The molecular formula is C17H14FNOS. The fourth-order valence-corrected chi connectivity index (χ4v) is 3.04. The lowest BCUT2D eigenvalue weighted by atomic mass is 10.0. The molecule has 0 aliphatic heterocycles. The molecule has 0 spiro atoms. The van der Waals surface area contributed by atoms with E-state index in [1.54, 1.807) is 47.5 Å². The molecule has 2 nitrogen and oxygen atoms in total. The van der Waals surface area contributed by atoms with Gasteiger partial charge in [-0.2, -0.15) is 11.3 Å². The van der Waals surface area contributed by atoms with Crippen LogP contribution in [0.2, 0.25) is 0 Å². The number of nitrogens with zero attached hydrogens (tertiary/aromatic N) is 1. The molecule has 0 fully saturated rings. The Bertz CT molecular complexity index is 783. The summed E-state index contributed by atoms with van der Waals surface area (Å²) in [7, 11) is 1.76. The van der Waals surface area contributed by atoms with Gasteiger partial charge in [0.15, 0.2) is 0 Å². The van der Waals surface area contributed by atoms with E-state index in [1.807, 2.05) is 22.9 Å². The molecule has 0 aliphatic carbocycles. The molecule has 0 saturated carbocycles. The average molecular weight is 299 g/mol. The van der Waals surface area contributed by atoms with Gasteiger partial charge in [-0.05, 0) is 39.9 Å². The zero-order valence-corrected chi connectivity index (χ0v) is 12.4. The molecule has 1 amide bonds. The minimum atomic E-state index is -0.303. The third-order valence-corrected chi connectivity index (χ3v) is 4.18. The molecule has 0 bridgehead atoms. The molecule has 4 heteroatoms. The summed E-state index contributed by atoms with van der Waals surface area (Å²) >= 11 is 1.61. The van der Waals surface area contributed by atoms with Crippen molar-refractivity contribution in [3.63, 3.8) is 0 Å². The maximum Gasteiger partial charge on any atom is 0.254 e. The highest BCUT2D eigenvalue weighted by atomic mass is 32.1. The summed E-state index contributed by atoms with van der Waals surface area (Å²) in [4.78, 5) is 14.3. The lowest BCUT2D eigenvalue weighted by molar-refractivity contribution is 0.0787. The number of rotatable bonds is 3. The van der Waals surface area contributed by atoms with Crippen molar-refractivity contribution >= 4 is 28.0 Å². The van der Waals surface area contributed by atoms with Crippen molar-refractivity contribution in [2.75, 3.05) is 7.05 Å². The number of benzene rings is 2. The second-order valence-electron chi connectivity index (χ2n) is 4.93. The first kappa shape index (κ1) is 13.8. The first-order chi connectivity index (χ1) is 10.2. The van der Waals surface area contributed by atoms with Crippen LogP contribution in [0.3, 0.4) is 0 Å². The number of halogens is 1. The molecule has 0 atom stereocenters. The first-order valence-electron chi connectivity index (χ1n) is 6.60. The normalized spacial score (nSPS) is 10.8. The van der Waals surface area contributed by atoms with Crippen molar-refractivity contribution in [1.82, 2.24) is 4.90 Å². The Hall–Kier alpha value is -2.20. The fraction of sp³-hybridized carbons (Fsp3) is 0.118. The van der Waals surface area contributed by atoms with Crippen LogP contribution >= 0.6 is 11.3 Å².